The molecule has 9 heteroatoms. The second-order valence-corrected chi connectivity index (χ2v) is 6.95. The number of fused-ring (bicyclic) bond motifs is 1. The van der Waals surface area contributed by atoms with Crippen molar-refractivity contribution in [3.05, 3.63) is 71.9 Å². The lowest BCUT2D eigenvalue weighted by Gasteiger charge is -2.26. The number of nitrogens with one attached hydrogen (secondary N) is 2. The first-order valence-electron chi connectivity index (χ1n) is 9.34. The third kappa shape index (κ3) is 4.40. The van der Waals surface area contributed by atoms with Gasteiger partial charge in [-0.05, 0) is 23.3 Å². The number of carbonyl (C=O) groups excluding carboxylic acids is 1. The molecule has 0 spiro atoms. The first kappa shape index (κ1) is 19.8. The first-order chi connectivity index (χ1) is 14.4. The average molecular weight is 416 g/mol. The SMILES string of the molecule is O=C(NC1CNc2c(-c3ccc(C(F)(F)F)cc3)cnn2C1)OCc1ccccc1. The highest BCUT2D eigenvalue weighted by atomic mass is 19.4. The lowest BCUT2D eigenvalue weighted by Crippen LogP contribution is -2.45. The molecule has 1 amide bonds. The largest absolute Gasteiger partial charge is 0.445 e. The normalized spacial score (nSPS) is 15.8. The minimum Gasteiger partial charge on any atom is -0.445 e. The van der Waals surface area contributed by atoms with Crippen molar-refractivity contribution in [1.82, 2.24) is 15.1 Å². The fourth-order valence-electron chi connectivity index (χ4n) is 3.28. The van der Waals surface area contributed by atoms with Crippen molar-refractivity contribution in [2.24, 2.45) is 0 Å². The molecule has 1 aromatic heterocycles. The predicted octanol–water partition coefficient (Wildman–Crippen LogP) is 4.29. The van der Waals surface area contributed by atoms with E-state index < -0.39 is 17.8 Å². The summed E-state index contributed by atoms with van der Waals surface area (Å²) in [7, 11) is 0. The molecule has 0 radical (unpaired) electrons. The van der Waals surface area contributed by atoms with Crippen LogP contribution in [0.3, 0.4) is 0 Å². The molecule has 0 saturated carbocycles. The smallest absolute Gasteiger partial charge is 0.416 e. The van der Waals surface area contributed by atoms with Gasteiger partial charge in [-0.15, -0.1) is 0 Å². The third-order valence-corrected chi connectivity index (χ3v) is 4.81. The molecule has 1 unspecified atom stereocenters. The summed E-state index contributed by atoms with van der Waals surface area (Å²) in [6, 6.07) is 14.1. The Hall–Kier alpha value is -3.49. The van der Waals surface area contributed by atoms with Crippen molar-refractivity contribution in [2.45, 2.75) is 25.4 Å². The minimum absolute atomic E-state index is 0.178. The van der Waals surface area contributed by atoms with E-state index in [2.05, 4.69) is 15.7 Å². The molecule has 1 aliphatic rings. The van der Waals surface area contributed by atoms with Gasteiger partial charge in [0.2, 0.25) is 0 Å². The summed E-state index contributed by atoms with van der Waals surface area (Å²) in [5, 5.41) is 10.3. The monoisotopic (exact) mass is 416 g/mol. The number of alkyl carbamates (subject to hydrolysis) is 1. The van der Waals surface area contributed by atoms with Crippen molar-refractivity contribution in [1.29, 1.82) is 0 Å². The van der Waals surface area contributed by atoms with E-state index in [1.807, 2.05) is 30.3 Å². The highest BCUT2D eigenvalue weighted by molar-refractivity contribution is 5.76. The van der Waals surface area contributed by atoms with Gasteiger partial charge >= 0.3 is 12.3 Å². The van der Waals surface area contributed by atoms with Gasteiger partial charge in [0.05, 0.1) is 24.3 Å². The van der Waals surface area contributed by atoms with E-state index in [9.17, 15) is 18.0 Å². The summed E-state index contributed by atoms with van der Waals surface area (Å²) in [6.07, 6.45) is -3.30. The Bertz CT molecular complexity index is 1020. The number of hydrogen-bond acceptors (Lipinski definition) is 4. The Morgan fingerprint density at radius 3 is 2.60 bits per heavy atom. The van der Waals surface area contributed by atoms with E-state index >= 15 is 0 Å². The van der Waals surface area contributed by atoms with Gasteiger partial charge in [0.25, 0.3) is 0 Å². The molecular formula is C21H19F3N4O2. The first-order valence-corrected chi connectivity index (χ1v) is 9.34. The van der Waals surface area contributed by atoms with Gasteiger partial charge in [0.15, 0.2) is 0 Å². The maximum absolute atomic E-state index is 12.8. The highest BCUT2D eigenvalue weighted by Gasteiger charge is 2.30. The highest BCUT2D eigenvalue weighted by Crippen LogP contribution is 2.33. The summed E-state index contributed by atoms with van der Waals surface area (Å²) in [5.41, 5.74) is 1.53. The molecule has 3 aromatic rings. The lowest BCUT2D eigenvalue weighted by atomic mass is 10.1. The number of benzene rings is 2. The van der Waals surface area contributed by atoms with Crippen LogP contribution in [-0.4, -0.2) is 28.5 Å². The standard InChI is InChI=1S/C21H19F3N4O2/c22-21(23,24)16-8-6-15(7-9-16)18-11-26-28-12-17(10-25-19(18)28)27-20(29)30-13-14-4-2-1-3-5-14/h1-9,11,17,25H,10,12-13H2,(H,27,29). The second-order valence-electron chi connectivity index (χ2n) is 6.95. The molecule has 0 saturated heterocycles. The fourth-order valence-corrected chi connectivity index (χ4v) is 3.28. The summed E-state index contributed by atoms with van der Waals surface area (Å²) < 4.78 is 45.2. The Morgan fingerprint density at radius 2 is 1.90 bits per heavy atom. The van der Waals surface area contributed by atoms with E-state index in [0.29, 0.717) is 30.0 Å². The van der Waals surface area contributed by atoms with Crippen molar-refractivity contribution in [2.75, 3.05) is 11.9 Å². The van der Waals surface area contributed by atoms with Crippen molar-refractivity contribution >= 4 is 11.9 Å². The van der Waals surface area contributed by atoms with Crippen LogP contribution in [0, 0.1) is 0 Å². The predicted molar refractivity (Wildman–Crippen MR) is 105 cm³/mol. The number of anilines is 1. The number of ether oxygens (including phenoxy) is 1. The number of alkyl halides is 3. The second kappa shape index (κ2) is 8.10. The van der Waals surface area contributed by atoms with Crippen LogP contribution in [0.15, 0.2) is 60.8 Å². The molecular weight excluding hydrogens is 397 g/mol. The molecule has 0 bridgehead atoms. The number of aromatic nitrogens is 2. The molecule has 1 aliphatic heterocycles. The van der Waals surface area contributed by atoms with Crippen LogP contribution >= 0.6 is 0 Å². The number of amides is 1. The maximum atomic E-state index is 12.8. The Morgan fingerprint density at radius 1 is 1.17 bits per heavy atom. The Labute approximate surface area is 170 Å². The van der Waals surface area contributed by atoms with E-state index in [-0.39, 0.29) is 12.6 Å². The van der Waals surface area contributed by atoms with E-state index in [4.69, 9.17) is 4.74 Å². The quantitative estimate of drug-likeness (QED) is 0.666. The van der Waals surface area contributed by atoms with Gasteiger partial charge in [-0.3, -0.25) is 0 Å². The number of rotatable bonds is 4. The molecule has 4 rings (SSSR count). The van der Waals surface area contributed by atoms with Gasteiger partial charge in [0.1, 0.15) is 12.4 Å². The van der Waals surface area contributed by atoms with E-state index in [1.54, 1.807) is 10.9 Å². The molecule has 0 aliphatic carbocycles. The van der Waals surface area contributed by atoms with Crippen molar-refractivity contribution in [3.63, 3.8) is 0 Å². The van der Waals surface area contributed by atoms with Crippen LogP contribution in [-0.2, 0) is 24.1 Å². The number of nitrogens with zero attached hydrogens (tertiary/aromatic N) is 2. The van der Waals surface area contributed by atoms with Crippen molar-refractivity contribution in [3.8, 4) is 11.1 Å². The molecule has 0 fully saturated rings. The van der Waals surface area contributed by atoms with Crippen LogP contribution < -0.4 is 10.6 Å². The van der Waals surface area contributed by atoms with Gasteiger partial charge < -0.3 is 15.4 Å². The molecule has 1 atom stereocenters. The average Bonchev–Trinajstić information content (AvgIpc) is 3.16. The van der Waals surface area contributed by atoms with Crippen molar-refractivity contribution < 1.29 is 22.7 Å². The number of hydrogen-bond donors (Lipinski definition) is 2. The third-order valence-electron chi connectivity index (χ3n) is 4.81. The Balaban J connectivity index is 1.37. The number of carbonyl (C=O) groups is 1. The summed E-state index contributed by atoms with van der Waals surface area (Å²) in [6.45, 7) is 1.04. The summed E-state index contributed by atoms with van der Waals surface area (Å²) in [4.78, 5) is 12.1. The molecule has 6 nitrogen and oxygen atoms in total. The summed E-state index contributed by atoms with van der Waals surface area (Å²) in [5.74, 6) is 0.700. The van der Waals surface area contributed by atoms with Gasteiger partial charge in [-0.2, -0.15) is 18.3 Å². The molecule has 156 valence electrons. The van der Waals surface area contributed by atoms with E-state index in [1.165, 1.54) is 12.1 Å². The van der Waals surface area contributed by atoms with Crippen LogP contribution in [0.5, 0.6) is 0 Å². The number of halogens is 3. The Kier molecular flexibility index (Phi) is 5.35. The van der Waals surface area contributed by atoms with Gasteiger partial charge in [-0.1, -0.05) is 42.5 Å². The summed E-state index contributed by atoms with van der Waals surface area (Å²) >= 11 is 0. The maximum Gasteiger partial charge on any atom is 0.416 e. The zero-order valence-corrected chi connectivity index (χ0v) is 15.8. The van der Waals surface area contributed by atoms with Crippen LogP contribution in [0.1, 0.15) is 11.1 Å². The van der Waals surface area contributed by atoms with Gasteiger partial charge in [-0.25, -0.2) is 9.48 Å². The molecule has 30 heavy (non-hydrogen) atoms. The zero-order valence-electron chi connectivity index (χ0n) is 15.8. The van der Waals surface area contributed by atoms with Gasteiger partial charge in [0, 0.05) is 12.1 Å². The molecule has 2 heterocycles. The van der Waals surface area contributed by atoms with E-state index in [0.717, 1.165) is 17.7 Å². The topological polar surface area (TPSA) is 68.2 Å². The lowest BCUT2D eigenvalue weighted by molar-refractivity contribution is -0.137. The molecule has 2 aromatic carbocycles. The molecule has 2 N–H and O–H groups in total. The van der Waals surface area contributed by atoms with Crippen LogP contribution in [0.25, 0.3) is 11.1 Å². The minimum atomic E-state index is -4.37. The van der Waals surface area contributed by atoms with Crippen LogP contribution in [0.4, 0.5) is 23.8 Å². The zero-order chi connectivity index (χ0) is 21.1. The van der Waals surface area contributed by atoms with Crippen LogP contribution in [0.2, 0.25) is 0 Å². The fraction of sp³-hybridized carbons (Fsp3) is 0.238.